The summed E-state index contributed by atoms with van der Waals surface area (Å²) in [5, 5.41) is 12.1. The highest BCUT2D eigenvalue weighted by molar-refractivity contribution is 4.89. The van der Waals surface area contributed by atoms with Gasteiger partial charge in [-0.1, -0.05) is 6.92 Å². The minimum absolute atomic E-state index is 0.276. The van der Waals surface area contributed by atoms with Crippen LogP contribution in [0.1, 0.15) is 39.5 Å². The van der Waals surface area contributed by atoms with Crippen LogP contribution in [0.3, 0.4) is 0 Å². The van der Waals surface area contributed by atoms with Gasteiger partial charge in [-0.25, -0.2) is 0 Å². The number of rotatable bonds is 7. The fraction of sp³-hybridized carbons (Fsp3) is 0.818. The molecule has 2 unspecified atom stereocenters. The minimum atomic E-state index is 0.276. The molecule has 2 N–H and O–H groups in total. The zero-order valence-electron chi connectivity index (χ0n) is 8.71. The molecule has 2 nitrogen and oxygen atoms in total. The van der Waals surface area contributed by atoms with E-state index in [0.29, 0.717) is 12.1 Å². The SMILES string of the molecule is C#CCC(CC)NC(C)CCCO. The average molecular weight is 183 g/mol. The molecule has 0 heterocycles. The molecule has 0 aliphatic rings. The molecule has 0 bridgehead atoms. The molecule has 0 aromatic rings. The Morgan fingerprint density at radius 2 is 2.23 bits per heavy atom. The van der Waals surface area contributed by atoms with Crippen LogP contribution < -0.4 is 5.32 Å². The molecule has 0 rings (SSSR count). The Hall–Kier alpha value is -0.520. The summed E-state index contributed by atoms with van der Waals surface area (Å²) in [7, 11) is 0. The molecule has 0 saturated heterocycles. The van der Waals surface area contributed by atoms with Crippen LogP contribution in [0.15, 0.2) is 0 Å². The Bertz CT molecular complexity index is 151. The second kappa shape index (κ2) is 8.10. The summed E-state index contributed by atoms with van der Waals surface area (Å²) in [5.74, 6) is 2.67. The maximum atomic E-state index is 8.65. The molecular formula is C11H21NO. The maximum absolute atomic E-state index is 8.65. The molecule has 0 spiro atoms. The largest absolute Gasteiger partial charge is 0.396 e. The first-order valence-corrected chi connectivity index (χ1v) is 5.05. The van der Waals surface area contributed by atoms with E-state index in [-0.39, 0.29) is 6.61 Å². The quantitative estimate of drug-likeness (QED) is 0.587. The van der Waals surface area contributed by atoms with Crippen LogP contribution in [0.4, 0.5) is 0 Å². The van der Waals surface area contributed by atoms with Crippen molar-refractivity contribution in [3.63, 3.8) is 0 Å². The summed E-state index contributed by atoms with van der Waals surface area (Å²) in [6, 6.07) is 0.879. The number of hydrogen-bond donors (Lipinski definition) is 2. The zero-order valence-corrected chi connectivity index (χ0v) is 8.71. The normalized spacial score (nSPS) is 14.9. The lowest BCUT2D eigenvalue weighted by Crippen LogP contribution is -2.35. The third kappa shape index (κ3) is 6.62. The van der Waals surface area contributed by atoms with Gasteiger partial charge in [-0.15, -0.1) is 12.3 Å². The molecule has 0 radical (unpaired) electrons. The molecular weight excluding hydrogens is 162 g/mol. The topological polar surface area (TPSA) is 32.3 Å². The van der Waals surface area contributed by atoms with Gasteiger partial charge in [0.2, 0.25) is 0 Å². The van der Waals surface area contributed by atoms with Crippen molar-refractivity contribution >= 4 is 0 Å². The lowest BCUT2D eigenvalue weighted by molar-refractivity contribution is 0.273. The van der Waals surface area contributed by atoms with Gasteiger partial charge in [0.1, 0.15) is 0 Å². The van der Waals surface area contributed by atoms with Crippen molar-refractivity contribution in [2.45, 2.75) is 51.6 Å². The van der Waals surface area contributed by atoms with Crippen LogP contribution in [0.5, 0.6) is 0 Å². The number of nitrogens with one attached hydrogen (secondary N) is 1. The molecule has 13 heavy (non-hydrogen) atoms. The van der Waals surface area contributed by atoms with E-state index >= 15 is 0 Å². The molecule has 76 valence electrons. The van der Waals surface area contributed by atoms with Crippen LogP contribution in [0, 0.1) is 12.3 Å². The number of terminal acetylenes is 1. The Kier molecular flexibility index (Phi) is 7.77. The van der Waals surface area contributed by atoms with Crippen LogP contribution >= 0.6 is 0 Å². The van der Waals surface area contributed by atoms with Crippen LogP contribution in [-0.4, -0.2) is 23.8 Å². The summed E-state index contributed by atoms with van der Waals surface area (Å²) in [5.41, 5.74) is 0. The summed E-state index contributed by atoms with van der Waals surface area (Å²) in [6.07, 6.45) is 8.98. The van der Waals surface area contributed by atoms with Gasteiger partial charge in [0.25, 0.3) is 0 Å². The predicted octanol–water partition coefficient (Wildman–Crippen LogP) is 1.54. The third-order valence-corrected chi connectivity index (χ3v) is 2.17. The van der Waals surface area contributed by atoms with E-state index in [2.05, 4.69) is 25.1 Å². The summed E-state index contributed by atoms with van der Waals surface area (Å²) in [6.45, 7) is 4.54. The Morgan fingerprint density at radius 1 is 1.54 bits per heavy atom. The van der Waals surface area contributed by atoms with Crippen molar-refractivity contribution < 1.29 is 5.11 Å². The van der Waals surface area contributed by atoms with Gasteiger partial charge in [0, 0.05) is 25.1 Å². The number of hydrogen-bond acceptors (Lipinski definition) is 2. The second-order valence-corrected chi connectivity index (χ2v) is 3.45. The Morgan fingerprint density at radius 3 is 2.69 bits per heavy atom. The fourth-order valence-corrected chi connectivity index (χ4v) is 1.35. The first-order chi connectivity index (χ1) is 6.24. The third-order valence-electron chi connectivity index (χ3n) is 2.17. The lowest BCUT2D eigenvalue weighted by Gasteiger charge is -2.20. The maximum Gasteiger partial charge on any atom is 0.0431 e. The summed E-state index contributed by atoms with van der Waals surface area (Å²) in [4.78, 5) is 0. The second-order valence-electron chi connectivity index (χ2n) is 3.45. The highest BCUT2D eigenvalue weighted by atomic mass is 16.2. The van der Waals surface area contributed by atoms with E-state index in [1.165, 1.54) is 0 Å². The van der Waals surface area contributed by atoms with Crippen LogP contribution in [0.25, 0.3) is 0 Å². The highest BCUT2D eigenvalue weighted by Gasteiger charge is 2.08. The smallest absolute Gasteiger partial charge is 0.0431 e. The van der Waals surface area contributed by atoms with E-state index in [1.54, 1.807) is 0 Å². The Labute approximate surface area is 81.7 Å². The first-order valence-electron chi connectivity index (χ1n) is 5.05. The van der Waals surface area contributed by atoms with Crippen LogP contribution in [-0.2, 0) is 0 Å². The van der Waals surface area contributed by atoms with E-state index < -0.39 is 0 Å². The van der Waals surface area contributed by atoms with Gasteiger partial charge in [-0.3, -0.25) is 0 Å². The van der Waals surface area contributed by atoms with E-state index in [4.69, 9.17) is 11.5 Å². The van der Waals surface area contributed by atoms with Gasteiger partial charge in [-0.2, -0.15) is 0 Å². The summed E-state index contributed by atoms with van der Waals surface area (Å²) >= 11 is 0. The molecule has 2 atom stereocenters. The molecule has 0 amide bonds. The van der Waals surface area contributed by atoms with Crippen molar-refractivity contribution in [2.75, 3.05) is 6.61 Å². The Balaban J connectivity index is 3.60. The highest BCUT2D eigenvalue weighted by Crippen LogP contribution is 2.02. The zero-order chi connectivity index (χ0) is 10.1. The minimum Gasteiger partial charge on any atom is -0.396 e. The van der Waals surface area contributed by atoms with Crippen molar-refractivity contribution in [2.24, 2.45) is 0 Å². The number of aliphatic hydroxyl groups excluding tert-OH is 1. The van der Waals surface area contributed by atoms with Crippen LogP contribution in [0.2, 0.25) is 0 Å². The lowest BCUT2D eigenvalue weighted by atomic mass is 10.1. The molecule has 0 saturated carbocycles. The standard InChI is InChI=1S/C11H21NO/c1-4-7-11(5-2)12-10(3)8-6-9-13/h1,10-13H,5-9H2,2-3H3. The monoisotopic (exact) mass is 183 g/mol. The van der Waals surface area contributed by atoms with Crippen molar-refractivity contribution in [1.82, 2.24) is 5.32 Å². The van der Waals surface area contributed by atoms with Gasteiger partial charge in [0.15, 0.2) is 0 Å². The van der Waals surface area contributed by atoms with Gasteiger partial charge >= 0.3 is 0 Å². The van der Waals surface area contributed by atoms with Gasteiger partial charge in [-0.05, 0) is 26.2 Å². The molecule has 0 aromatic heterocycles. The molecule has 0 fully saturated rings. The van der Waals surface area contributed by atoms with E-state index in [0.717, 1.165) is 25.7 Å². The first kappa shape index (κ1) is 12.5. The predicted molar refractivity (Wildman–Crippen MR) is 56.4 cm³/mol. The van der Waals surface area contributed by atoms with Crippen molar-refractivity contribution in [1.29, 1.82) is 0 Å². The fourth-order valence-electron chi connectivity index (χ4n) is 1.35. The molecule has 0 aromatic carbocycles. The molecule has 2 heteroatoms. The van der Waals surface area contributed by atoms with E-state index in [9.17, 15) is 0 Å². The summed E-state index contributed by atoms with van der Waals surface area (Å²) < 4.78 is 0. The molecule has 0 aliphatic carbocycles. The van der Waals surface area contributed by atoms with Gasteiger partial charge < -0.3 is 10.4 Å². The van der Waals surface area contributed by atoms with Gasteiger partial charge in [0.05, 0.1) is 0 Å². The van der Waals surface area contributed by atoms with Crippen molar-refractivity contribution in [3.8, 4) is 12.3 Å². The average Bonchev–Trinajstić information content (AvgIpc) is 2.14. The molecule has 0 aliphatic heterocycles. The number of aliphatic hydroxyl groups is 1. The van der Waals surface area contributed by atoms with Crippen molar-refractivity contribution in [3.05, 3.63) is 0 Å². The van der Waals surface area contributed by atoms with E-state index in [1.807, 2.05) is 0 Å².